The van der Waals surface area contributed by atoms with Crippen molar-refractivity contribution in [2.24, 2.45) is 0 Å². The number of thioether (sulfide) groups is 1. The van der Waals surface area contributed by atoms with Crippen LogP contribution in [0, 0.1) is 0 Å². The molecule has 0 bridgehead atoms. The van der Waals surface area contributed by atoms with Crippen molar-refractivity contribution in [2.45, 2.75) is 206 Å². The summed E-state index contributed by atoms with van der Waals surface area (Å²) in [6, 6.07) is 0. The van der Waals surface area contributed by atoms with E-state index in [1.165, 1.54) is 153 Å². The van der Waals surface area contributed by atoms with Crippen LogP contribution in [0.1, 0.15) is 206 Å². The van der Waals surface area contributed by atoms with Crippen LogP contribution in [0.15, 0.2) is 24.3 Å². The Labute approximate surface area is 316 Å². The van der Waals surface area contributed by atoms with Crippen LogP contribution >= 0.6 is 11.8 Å². The van der Waals surface area contributed by atoms with Crippen molar-refractivity contribution in [3.63, 3.8) is 0 Å². The molecule has 9 heteroatoms. The van der Waals surface area contributed by atoms with Crippen LogP contribution in [0.4, 0.5) is 0 Å². The zero-order valence-corrected chi connectivity index (χ0v) is 33.6. The summed E-state index contributed by atoms with van der Waals surface area (Å²) in [6.45, 7) is 4.52. The molecule has 0 unspecified atom stereocenters. The van der Waals surface area contributed by atoms with Crippen LogP contribution in [0.25, 0.3) is 0 Å². The molecule has 0 aromatic rings. The van der Waals surface area contributed by atoms with Crippen LogP contribution < -0.4 is 0 Å². The summed E-state index contributed by atoms with van der Waals surface area (Å²) in [5.41, 5.74) is 0. The van der Waals surface area contributed by atoms with Gasteiger partial charge in [0.05, 0.1) is 12.8 Å². The predicted molar refractivity (Wildman–Crippen MR) is 216 cm³/mol. The molecule has 0 fully saturated rings. The third-order valence-corrected chi connectivity index (χ3v) is 9.21. The van der Waals surface area contributed by atoms with Crippen LogP contribution in [-0.4, -0.2) is 55.8 Å². The number of aliphatic carboxylic acids is 4. The second-order valence-electron chi connectivity index (χ2n) is 13.4. The van der Waals surface area contributed by atoms with E-state index in [0.717, 1.165) is 25.7 Å². The Kier molecular flexibility index (Phi) is 49.6. The molecule has 300 valence electrons. The van der Waals surface area contributed by atoms with Crippen molar-refractivity contribution < 1.29 is 39.6 Å². The van der Waals surface area contributed by atoms with E-state index in [0.29, 0.717) is 24.3 Å². The molecule has 0 atom stereocenters. The van der Waals surface area contributed by atoms with E-state index < -0.39 is 23.9 Å². The highest BCUT2D eigenvalue weighted by Crippen LogP contribution is 2.11. The molecule has 8 nitrogen and oxygen atoms in total. The maximum Gasteiger partial charge on any atom is 0.304 e. The summed E-state index contributed by atoms with van der Waals surface area (Å²) >= 11 is 1.35. The number of hydrogen-bond donors (Lipinski definition) is 4. The molecule has 0 radical (unpaired) electrons. The third kappa shape index (κ3) is 63.2. The fraction of sp³-hybridized carbons (Fsp3) is 0.810. The SMILES string of the molecule is CCCCCCCC/C=C\CCCCCCCC(=O)O.CCCCCCCC/C=C\CCCCCCCC(=O)O.O=C(O)CCSCCC(=O)O. The lowest BCUT2D eigenvalue weighted by Gasteiger charge is -1.99. The molecule has 0 saturated heterocycles. The lowest BCUT2D eigenvalue weighted by molar-refractivity contribution is -0.138. The molecule has 4 N–H and O–H groups in total. The van der Waals surface area contributed by atoms with Crippen molar-refractivity contribution in [1.82, 2.24) is 0 Å². The molecule has 0 rings (SSSR count). The van der Waals surface area contributed by atoms with E-state index in [4.69, 9.17) is 20.4 Å². The fourth-order valence-electron chi connectivity index (χ4n) is 5.11. The van der Waals surface area contributed by atoms with Crippen molar-refractivity contribution >= 4 is 35.6 Å². The first kappa shape index (κ1) is 53.1. The molecule has 0 amide bonds. The van der Waals surface area contributed by atoms with Crippen molar-refractivity contribution in [3.8, 4) is 0 Å². The quantitative estimate of drug-likeness (QED) is 0.0363. The number of carboxylic acid groups (broad SMARTS) is 4. The highest BCUT2D eigenvalue weighted by Gasteiger charge is 1.99. The Morgan fingerprint density at radius 1 is 0.353 bits per heavy atom. The number of hydrogen-bond acceptors (Lipinski definition) is 5. The molecule has 0 aromatic heterocycles. The first-order valence-electron chi connectivity index (χ1n) is 20.4. The second kappa shape index (κ2) is 47.7. The van der Waals surface area contributed by atoms with Gasteiger partial charge in [0.1, 0.15) is 0 Å². The molecular weight excluding hydrogens is 665 g/mol. The van der Waals surface area contributed by atoms with Gasteiger partial charge in [-0.3, -0.25) is 19.2 Å². The number of carboxylic acids is 4. The number of carbonyl (C=O) groups is 4. The number of unbranched alkanes of at least 4 members (excludes halogenated alkanes) is 22. The molecule has 0 aromatic carbocycles. The van der Waals surface area contributed by atoms with Crippen molar-refractivity contribution in [2.75, 3.05) is 11.5 Å². The summed E-state index contributed by atoms with van der Waals surface area (Å²) in [7, 11) is 0. The first-order chi connectivity index (χ1) is 24.7. The minimum Gasteiger partial charge on any atom is -0.481 e. The van der Waals surface area contributed by atoms with Gasteiger partial charge in [-0.05, 0) is 64.2 Å². The molecule has 51 heavy (non-hydrogen) atoms. The third-order valence-electron chi connectivity index (χ3n) is 8.23. The highest BCUT2D eigenvalue weighted by molar-refractivity contribution is 7.99. The van der Waals surface area contributed by atoms with Crippen molar-refractivity contribution in [1.29, 1.82) is 0 Å². The van der Waals surface area contributed by atoms with Gasteiger partial charge in [0.2, 0.25) is 0 Å². The Bertz CT molecular complexity index is 762. The topological polar surface area (TPSA) is 149 Å². The number of allylic oxidation sites excluding steroid dienone is 4. The van der Waals surface area contributed by atoms with Crippen LogP contribution in [-0.2, 0) is 19.2 Å². The smallest absolute Gasteiger partial charge is 0.304 e. The van der Waals surface area contributed by atoms with Gasteiger partial charge in [0.15, 0.2) is 0 Å². The van der Waals surface area contributed by atoms with Crippen LogP contribution in [0.3, 0.4) is 0 Å². The van der Waals surface area contributed by atoms with E-state index in [2.05, 4.69) is 38.2 Å². The first-order valence-corrected chi connectivity index (χ1v) is 21.6. The summed E-state index contributed by atoms with van der Waals surface area (Å²) < 4.78 is 0. The fourth-order valence-corrected chi connectivity index (χ4v) is 5.96. The van der Waals surface area contributed by atoms with E-state index in [1.54, 1.807) is 0 Å². The molecule has 0 saturated carbocycles. The minimum absolute atomic E-state index is 0.101. The zero-order chi connectivity index (χ0) is 38.5. The Morgan fingerprint density at radius 2 is 0.588 bits per heavy atom. The summed E-state index contributed by atoms with van der Waals surface area (Å²) in [4.78, 5) is 40.6. The van der Waals surface area contributed by atoms with Gasteiger partial charge in [-0.15, -0.1) is 0 Å². The van der Waals surface area contributed by atoms with E-state index in [-0.39, 0.29) is 12.8 Å². The monoisotopic (exact) mass is 743 g/mol. The van der Waals surface area contributed by atoms with Gasteiger partial charge < -0.3 is 20.4 Å². The molecule has 0 aliphatic rings. The molecule has 0 spiro atoms. The molecule has 0 heterocycles. The van der Waals surface area contributed by atoms with Gasteiger partial charge in [-0.1, -0.05) is 141 Å². The van der Waals surface area contributed by atoms with Gasteiger partial charge in [0, 0.05) is 24.3 Å². The highest BCUT2D eigenvalue weighted by atomic mass is 32.2. The van der Waals surface area contributed by atoms with E-state index in [1.807, 2.05) is 0 Å². The van der Waals surface area contributed by atoms with Crippen LogP contribution in [0.5, 0.6) is 0 Å². The Morgan fingerprint density at radius 3 is 0.843 bits per heavy atom. The normalized spacial score (nSPS) is 10.9. The maximum absolute atomic E-state index is 10.3. The Hall–Kier alpha value is -2.29. The summed E-state index contributed by atoms with van der Waals surface area (Å²) in [6.07, 6.45) is 42.7. The van der Waals surface area contributed by atoms with Gasteiger partial charge >= 0.3 is 23.9 Å². The van der Waals surface area contributed by atoms with Gasteiger partial charge in [-0.2, -0.15) is 11.8 Å². The minimum atomic E-state index is -0.840. The average molecular weight is 743 g/mol. The van der Waals surface area contributed by atoms with E-state index >= 15 is 0 Å². The van der Waals surface area contributed by atoms with Gasteiger partial charge in [-0.25, -0.2) is 0 Å². The molecule has 0 aliphatic heterocycles. The lowest BCUT2D eigenvalue weighted by Crippen LogP contribution is -1.99. The van der Waals surface area contributed by atoms with Gasteiger partial charge in [0.25, 0.3) is 0 Å². The van der Waals surface area contributed by atoms with Crippen LogP contribution in [0.2, 0.25) is 0 Å². The predicted octanol–water partition coefficient (Wildman–Crippen LogP) is 12.9. The van der Waals surface area contributed by atoms with E-state index in [9.17, 15) is 19.2 Å². The summed E-state index contributed by atoms with van der Waals surface area (Å²) in [5, 5.41) is 33.4. The standard InChI is InChI=1S/2C18H34O2.C6H10O4S/c2*1-2-3-4-5-6-7-8-9-10-11-12-13-14-15-16-17-18(19)20;7-5(8)1-3-11-4-2-6(9)10/h2*9-10H,2-8,11-17H2,1H3,(H,19,20);1-4H2,(H,7,8)(H,9,10)/b2*10-9-;. The molecular formula is C42H78O8S. The van der Waals surface area contributed by atoms with Crippen molar-refractivity contribution in [3.05, 3.63) is 24.3 Å². The lowest BCUT2D eigenvalue weighted by atomic mass is 10.1. The second-order valence-corrected chi connectivity index (χ2v) is 14.6. The average Bonchev–Trinajstić information content (AvgIpc) is 3.08. The molecule has 0 aliphatic carbocycles. The zero-order valence-electron chi connectivity index (χ0n) is 32.8. The summed E-state index contributed by atoms with van der Waals surface area (Å²) in [5.74, 6) is -2.03. The maximum atomic E-state index is 10.3. The Balaban J connectivity index is -0.000000708. The number of rotatable bonds is 36. The largest absolute Gasteiger partial charge is 0.481 e.